The zero-order valence-electron chi connectivity index (χ0n) is 16.9. The van der Waals surface area contributed by atoms with Gasteiger partial charge in [-0.25, -0.2) is 4.39 Å². The Morgan fingerprint density at radius 3 is 2.67 bits per heavy atom. The number of hydrogen-bond donors (Lipinski definition) is 0. The Labute approximate surface area is 174 Å². The van der Waals surface area contributed by atoms with Gasteiger partial charge in [-0.2, -0.15) is 0 Å². The lowest BCUT2D eigenvalue weighted by molar-refractivity contribution is -0.158. The zero-order chi connectivity index (χ0) is 21.1. The summed E-state index contributed by atoms with van der Waals surface area (Å²) in [5.41, 5.74) is 0.459. The second kappa shape index (κ2) is 8.34. The van der Waals surface area contributed by atoms with E-state index < -0.39 is 5.41 Å². The third-order valence-electron chi connectivity index (χ3n) is 5.65. The molecule has 6 nitrogen and oxygen atoms in total. The molecule has 1 amide bonds. The highest BCUT2D eigenvalue weighted by molar-refractivity contribution is 5.95. The Bertz CT molecular complexity index is 945. The smallest absolute Gasteiger partial charge is 0.314 e. The van der Waals surface area contributed by atoms with Crippen molar-refractivity contribution in [3.05, 3.63) is 59.4 Å². The number of halogens is 1. The number of esters is 1. The Morgan fingerprint density at radius 1 is 1.13 bits per heavy atom. The summed E-state index contributed by atoms with van der Waals surface area (Å²) in [5.74, 6) is 0.341. The van der Waals surface area contributed by atoms with E-state index in [-0.39, 0.29) is 37.6 Å². The van der Waals surface area contributed by atoms with Crippen molar-refractivity contribution in [1.82, 2.24) is 4.90 Å². The molecule has 0 bridgehead atoms. The van der Waals surface area contributed by atoms with Gasteiger partial charge in [0.2, 0.25) is 6.79 Å². The monoisotopic (exact) mass is 413 g/mol. The Kier molecular flexibility index (Phi) is 5.61. The Balaban J connectivity index is 1.59. The molecule has 1 fully saturated rings. The highest BCUT2D eigenvalue weighted by atomic mass is 19.1. The molecule has 4 rings (SSSR count). The average molecular weight is 413 g/mol. The lowest BCUT2D eigenvalue weighted by Gasteiger charge is -2.41. The predicted octanol–water partition coefficient (Wildman–Crippen LogP) is 3.58. The van der Waals surface area contributed by atoms with E-state index in [9.17, 15) is 14.0 Å². The minimum absolute atomic E-state index is 0.139. The molecule has 1 atom stereocenters. The van der Waals surface area contributed by atoms with Gasteiger partial charge in [0.05, 0.1) is 12.0 Å². The Hall–Kier alpha value is -3.09. The van der Waals surface area contributed by atoms with E-state index >= 15 is 0 Å². The molecule has 7 heteroatoms. The molecule has 1 saturated heterocycles. The van der Waals surface area contributed by atoms with E-state index in [0.717, 1.165) is 5.56 Å². The molecule has 0 aromatic heterocycles. The van der Waals surface area contributed by atoms with Gasteiger partial charge in [0.25, 0.3) is 5.91 Å². The van der Waals surface area contributed by atoms with Crippen LogP contribution >= 0.6 is 0 Å². The van der Waals surface area contributed by atoms with Gasteiger partial charge in [-0.15, -0.1) is 0 Å². The highest BCUT2D eigenvalue weighted by Crippen LogP contribution is 2.37. The molecule has 2 aromatic rings. The number of amides is 1. The standard InChI is InChI=1S/C23H24FNO5/c1-2-28-22(27)23(13-16-4-7-18(24)8-5-16)10-3-11-25(14-23)21(26)17-6-9-19-20(12-17)30-15-29-19/h4-9,12H,2-3,10-11,13-15H2,1H3/t23-/m1/s1. The van der Waals surface area contributed by atoms with Crippen LogP contribution in [0.1, 0.15) is 35.7 Å². The van der Waals surface area contributed by atoms with Crippen LogP contribution in [-0.4, -0.2) is 43.3 Å². The third kappa shape index (κ3) is 3.97. The minimum atomic E-state index is -0.863. The van der Waals surface area contributed by atoms with E-state index in [1.807, 2.05) is 0 Å². The molecule has 30 heavy (non-hydrogen) atoms. The lowest BCUT2D eigenvalue weighted by atomic mass is 9.75. The van der Waals surface area contributed by atoms with Gasteiger partial charge in [-0.1, -0.05) is 12.1 Å². The molecule has 0 N–H and O–H groups in total. The van der Waals surface area contributed by atoms with Crippen molar-refractivity contribution in [2.75, 3.05) is 26.5 Å². The van der Waals surface area contributed by atoms with Gasteiger partial charge in [0.1, 0.15) is 5.82 Å². The summed E-state index contributed by atoms with van der Waals surface area (Å²) in [7, 11) is 0. The highest BCUT2D eigenvalue weighted by Gasteiger charge is 2.45. The van der Waals surface area contributed by atoms with Crippen LogP contribution in [0.3, 0.4) is 0 Å². The first-order valence-electron chi connectivity index (χ1n) is 10.1. The van der Waals surface area contributed by atoms with Crippen LogP contribution in [0.5, 0.6) is 11.5 Å². The van der Waals surface area contributed by atoms with Crippen LogP contribution in [0.4, 0.5) is 4.39 Å². The largest absolute Gasteiger partial charge is 0.466 e. The van der Waals surface area contributed by atoms with Crippen molar-refractivity contribution in [2.24, 2.45) is 5.41 Å². The summed E-state index contributed by atoms with van der Waals surface area (Å²) in [6.07, 6.45) is 1.67. The summed E-state index contributed by atoms with van der Waals surface area (Å²) in [6.45, 7) is 2.97. The summed E-state index contributed by atoms with van der Waals surface area (Å²) in [4.78, 5) is 27.9. The molecule has 0 aliphatic carbocycles. The molecule has 0 saturated carbocycles. The van der Waals surface area contributed by atoms with E-state index in [2.05, 4.69) is 0 Å². The summed E-state index contributed by atoms with van der Waals surface area (Å²) >= 11 is 0. The zero-order valence-corrected chi connectivity index (χ0v) is 16.9. The quantitative estimate of drug-likeness (QED) is 0.701. The van der Waals surface area contributed by atoms with Gasteiger partial charge in [-0.05, 0) is 62.1 Å². The second-order valence-corrected chi connectivity index (χ2v) is 7.70. The number of piperidine rings is 1. The molecule has 0 radical (unpaired) electrons. The fourth-order valence-corrected chi connectivity index (χ4v) is 4.18. The molecule has 0 unspecified atom stereocenters. The van der Waals surface area contributed by atoms with Crippen LogP contribution in [-0.2, 0) is 16.0 Å². The maximum Gasteiger partial charge on any atom is 0.314 e. The Morgan fingerprint density at radius 2 is 1.90 bits per heavy atom. The van der Waals surface area contributed by atoms with Crippen molar-refractivity contribution in [3.63, 3.8) is 0 Å². The van der Waals surface area contributed by atoms with Gasteiger partial charge >= 0.3 is 5.97 Å². The van der Waals surface area contributed by atoms with Crippen molar-refractivity contribution in [2.45, 2.75) is 26.2 Å². The van der Waals surface area contributed by atoms with Crippen molar-refractivity contribution >= 4 is 11.9 Å². The number of likely N-dealkylation sites (tertiary alicyclic amines) is 1. The van der Waals surface area contributed by atoms with Crippen LogP contribution in [0, 0.1) is 11.2 Å². The third-order valence-corrected chi connectivity index (χ3v) is 5.65. The number of carbonyl (C=O) groups excluding carboxylic acids is 2. The molecule has 2 heterocycles. The first kappa shape index (κ1) is 20.2. The van der Waals surface area contributed by atoms with Gasteiger partial charge < -0.3 is 19.1 Å². The summed E-state index contributed by atoms with van der Waals surface area (Å²) in [5, 5.41) is 0. The predicted molar refractivity (Wildman–Crippen MR) is 107 cm³/mol. The van der Waals surface area contributed by atoms with E-state index in [1.165, 1.54) is 12.1 Å². The molecule has 2 aliphatic rings. The van der Waals surface area contributed by atoms with Crippen molar-refractivity contribution < 1.29 is 28.2 Å². The first-order chi connectivity index (χ1) is 14.5. The van der Waals surface area contributed by atoms with Crippen LogP contribution in [0.2, 0.25) is 0 Å². The SMILES string of the molecule is CCOC(=O)[C@@]1(Cc2ccc(F)cc2)CCCN(C(=O)c2ccc3c(c2)OCO3)C1. The maximum atomic E-state index is 13.3. The van der Waals surface area contributed by atoms with Crippen LogP contribution in [0.25, 0.3) is 0 Å². The average Bonchev–Trinajstić information content (AvgIpc) is 3.23. The maximum absolute atomic E-state index is 13.3. The van der Waals surface area contributed by atoms with Gasteiger partial charge in [-0.3, -0.25) is 9.59 Å². The van der Waals surface area contributed by atoms with Crippen molar-refractivity contribution in [3.8, 4) is 11.5 Å². The second-order valence-electron chi connectivity index (χ2n) is 7.70. The molecule has 0 spiro atoms. The fourth-order valence-electron chi connectivity index (χ4n) is 4.18. The summed E-state index contributed by atoms with van der Waals surface area (Å²) < 4.78 is 29.4. The number of ether oxygens (including phenoxy) is 3. The molecular formula is C23H24FNO5. The normalized spacial score (nSPS) is 20.1. The molecule has 2 aliphatic heterocycles. The number of fused-ring (bicyclic) bond motifs is 1. The molecule has 2 aromatic carbocycles. The topological polar surface area (TPSA) is 65.1 Å². The molecule has 158 valence electrons. The minimum Gasteiger partial charge on any atom is -0.466 e. The molecular weight excluding hydrogens is 389 g/mol. The number of hydrogen-bond acceptors (Lipinski definition) is 5. The number of benzene rings is 2. The van der Waals surface area contributed by atoms with Crippen LogP contribution in [0.15, 0.2) is 42.5 Å². The van der Waals surface area contributed by atoms with E-state index in [4.69, 9.17) is 14.2 Å². The fraction of sp³-hybridized carbons (Fsp3) is 0.391. The number of carbonyl (C=O) groups is 2. The first-order valence-corrected chi connectivity index (χ1v) is 10.1. The van der Waals surface area contributed by atoms with Gasteiger partial charge in [0, 0.05) is 18.7 Å². The summed E-state index contributed by atoms with van der Waals surface area (Å²) in [6, 6.07) is 11.2. The van der Waals surface area contributed by atoms with E-state index in [1.54, 1.807) is 42.2 Å². The van der Waals surface area contributed by atoms with Crippen LogP contribution < -0.4 is 9.47 Å². The van der Waals surface area contributed by atoms with Gasteiger partial charge in [0.15, 0.2) is 11.5 Å². The number of nitrogens with zero attached hydrogens (tertiary/aromatic N) is 1. The van der Waals surface area contributed by atoms with Crippen molar-refractivity contribution in [1.29, 1.82) is 0 Å². The number of rotatable bonds is 5. The van der Waals surface area contributed by atoms with E-state index in [0.29, 0.717) is 42.9 Å². The lowest BCUT2D eigenvalue weighted by Crippen LogP contribution is -2.51.